The monoisotopic (exact) mass is 281 g/mol. The van der Waals surface area contributed by atoms with Crippen molar-refractivity contribution in [3.63, 3.8) is 0 Å². The third kappa shape index (κ3) is 4.95. The van der Waals surface area contributed by atoms with Crippen molar-refractivity contribution in [1.82, 2.24) is 4.90 Å². The van der Waals surface area contributed by atoms with Crippen LogP contribution in [0.4, 0.5) is 13.2 Å². The highest BCUT2D eigenvalue weighted by Gasteiger charge is 2.40. The van der Waals surface area contributed by atoms with Crippen LogP contribution in [0.2, 0.25) is 0 Å². The summed E-state index contributed by atoms with van der Waals surface area (Å²) >= 11 is 0. The molecule has 0 aromatic heterocycles. The Labute approximate surface area is 114 Å². The van der Waals surface area contributed by atoms with Crippen molar-refractivity contribution in [2.45, 2.75) is 71.3 Å². The van der Waals surface area contributed by atoms with Crippen molar-refractivity contribution in [3.05, 3.63) is 0 Å². The normalized spacial score (nSPS) is 29.5. The number of halogens is 3. The number of hydrogen-bond acceptors (Lipinski definition) is 2. The fourth-order valence-corrected chi connectivity index (χ4v) is 3.01. The van der Waals surface area contributed by atoms with Crippen molar-refractivity contribution >= 4 is 0 Å². The van der Waals surface area contributed by atoms with E-state index in [0.29, 0.717) is 24.7 Å². The number of aliphatic hydroxyl groups excluding tert-OH is 1. The molecule has 0 aliphatic heterocycles. The molecule has 0 aromatic rings. The minimum absolute atomic E-state index is 0.216. The Balaban J connectivity index is 2.80. The Morgan fingerprint density at radius 2 is 1.74 bits per heavy atom. The Morgan fingerprint density at radius 3 is 2.16 bits per heavy atom. The second-order valence-electron chi connectivity index (χ2n) is 6.33. The molecule has 3 unspecified atom stereocenters. The molecular formula is C14H26F3NO. The summed E-state index contributed by atoms with van der Waals surface area (Å²) < 4.78 is 38.0. The van der Waals surface area contributed by atoms with Crippen molar-refractivity contribution in [2.24, 2.45) is 11.8 Å². The van der Waals surface area contributed by atoms with E-state index in [1.807, 2.05) is 0 Å². The predicted molar refractivity (Wildman–Crippen MR) is 69.9 cm³/mol. The molecule has 5 heteroatoms. The number of rotatable bonds is 4. The standard InChI is InChI=1S/C14H26F3NO/c1-9(2)11-5-6-13(19)12(7-11)18(10(3)4)8-14(15,16)17/h9-13,19H,5-8H2,1-4H3. The van der Waals surface area contributed by atoms with Crippen LogP contribution in [-0.4, -0.2) is 40.9 Å². The van der Waals surface area contributed by atoms with Gasteiger partial charge in [0.15, 0.2) is 0 Å². The molecule has 0 saturated heterocycles. The Morgan fingerprint density at radius 1 is 1.16 bits per heavy atom. The number of hydrogen-bond donors (Lipinski definition) is 1. The predicted octanol–water partition coefficient (Wildman–Crippen LogP) is 3.44. The lowest BCUT2D eigenvalue weighted by atomic mass is 9.77. The van der Waals surface area contributed by atoms with Crippen molar-refractivity contribution in [1.29, 1.82) is 0 Å². The fraction of sp³-hybridized carbons (Fsp3) is 1.00. The lowest BCUT2D eigenvalue weighted by Gasteiger charge is -2.43. The van der Waals surface area contributed by atoms with Gasteiger partial charge in [-0.05, 0) is 44.9 Å². The van der Waals surface area contributed by atoms with E-state index in [1.54, 1.807) is 13.8 Å². The van der Waals surface area contributed by atoms with E-state index in [-0.39, 0.29) is 12.1 Å². The number of nitrogens with zero attached hydrogens (tertiary/aromatic N) is 1. The van der Waals surface area contributed by atoms with Gasteiger partial charge in [0.2, 0.25) is 0 Å². The van der Waals surface area contributed by atoms with Gasteiger partial charge >= 0.3 is 6.18 Å². The van der Waals surface area contributed by atoms with E-state index >= 15 is 0 Å². The SMILES string of the molecule is CC(C)C1CCC(O)C(N(CC(F)(F)F)C(C)C)C1. The maximum absolute atomic E-state index is 12.7. The van der Waals surface area contributed by atoms with Crippen LogP contribution >= 0.6 is 0 Å². The zero-order chi connectivity index (χ0) is 14.8. The molecule has 2 nitrogen and oxygen atoms in total. The molecule has 19 heavy (non-hydrogen) atoms. The number of aliphatic hydroxyl groups is 1. The first-order valence-electron chi connectivity index (χ1n) is 7.12. The van der Waals surface area contributed by atoms with Gasteiger partial charge < -0.3 is 5.11 Å². The smallest absolute Gasteiger partial charge is 0.391 e. The third-order valence-corrected chi connectivity index (χ3v) is 4.22. The average Bonchev–Trinajstić information content (AvgIpc) is 2.25. The van der Waals surface area contributed by atoms with Gasteiger partial charge in [-0.1, -0.05) is 13.8 Å². The van der Waals surface area contributed by atoms with Gasteiger partial charge in [0, 0.05) is 12.1 Å². The summed E-state index contributed by atoms with van der Waals surface area (Å²) in [6.07, 6.45) is -2.68. The first-order chi connectivity index (χ1) is 8.61. The number of alkyl halides is 3. The van der Waals surface area contributed by atoms with Crippen LogP contribution in [0.25, 0.3) is 0 Å². The molecule has 0 amide bonds. The summed E-state index contributed by atoms with van der Waals surface area (Å²) in [5.41, 5.74) is 0. The summed E-state index contributed by atoms with van der Waals surface area (Å²) in [6.45, 7) is 6.79. The quantitative estimate of drug-likeness (QED) is 0.853. The molecule has 1 aliphatic carbocycles. The lowest BCUT2D eigenvalue weighted by molar-refractivity contribution is -0.164. The van der Waals surface area contributed by atoms with Gasteiger partial charge in [-0.2, -0.15) is 13.2 Å². The molecule has 0 aromatic carbocycles. The van der Waals surface area contributed by atoms with Crippen LogP contribution in [0.3, 0.4) is 0 Å². The summed E-state index contributed by atoms with van der Waals surface area (Å²) in [5.74, 6) is 0.859. The molecule has 1 rings (SSSR count). The average molecular weight is 281 g/mol. The molecular weight excluding hydrogens is 255 g/mol. The molecule has 0 heterocycles. The first kappa shape index (κ1) is 16.8. The zero-order valence-electron chi connectivity index (χ0n) is 12.2. The molecule has 0 radical (unpaired) electrons. The second-order valence-corrected chi connectivity index (χ2v) is 6.33. The third-order valence-electron chi connectivity index (χ3n) is 4.22. The molecule has 1 fully saturated rings. The van der Waals surface area contributed by atoms with Gasteiger partial charge in [0.25, 0.3) is 0 Å². The Bertz CT molecular complexity index is 278. The van der Waals surface area contributed by atoms with Crippen LogP contribution in [0.15, 0.2) is 0 Å². The van der Waals surface area contributed by atoms with E-state index in [0.717, 1.165) is 6.42 Å². The van der Waals surface area contributed by atoms with Gasteiger partial charge in [0.05, 0.1) is 12.6 Å². The highest BCUT2D eigenvalue weighted by atomic mass is 19.4. The van der Waals surface area contributed by atoms with Gasteiger partial charge in [-0.3, -0.25) is 4.90 Å². The Hall–Kier alpha value is -0.290. The van der Waals surface area contributed by atoms with E-state index in [9.17, 15) is 18.3 Å². The summed E-state index contributed by atoms with van der Waals surface area (Å²) in [7, 11) is 0. The molecule has 0 bridgehead atoms. The van der Waals surface area contributed by atoms with Gasteiger partial charge in [-0.15, -0.1) is 0 Å². The maximum atomic E-state index is 12.7. The fourth-order valence-electron chi connectivity index (χ4n) is 3.01. The van der Waals surface area contributed by atoms with E-state index in [4.69, 9.17) is 0 Å². The van der Waals surface area contributed by atoms with E-state index in [2.05, 4.69) is 13.8 Å². The largest absolute Gasteiger partial charge is 0.401 e. The minimum Gasteiger partial charge on any atom is -0.391 e. The van der Waals surface area contributed by atoms with E-state index < -0.39 is 18.8 Å². The Kier molecular flexibility index (Phi) is 5.68. The lowest BCUT2D eigenvalue weighted by Crippen LogP contribution is -2.53. The minimum atomic E-state index is -4.21. The first-order valence-corrected chi connectivity index (χ1v) is 7.12. The van der Waals surface area contributed by atoms with Crippen molar-refractivity contribution < 1.29 is 18.3 Å². The molecule has 0 spiro atoms. The second kappa shape index (κ2) is 6.44. The molecule has 114 valence electrons. The van der Waals surface area contributed by atoms with Gasteiger partial charge in [0.1, 0.15) is 0 Å². The summed E-state index contributed by atoms with van der Waals surface area (Å²) in [5, 5.41) is 10.1. The van der Waals surface area contributed by atoms with Crippen LogP contribution in [-0.2, 0) is 0 Å². The molecule has 3 atom stereocenters. The summed E-state index contributed by atoms with van der Waals surface area (Å²) in [6, 6.07) is -0.588. The van der Waals surface area contributed by atoms with Gasteiger partial charge in [-0.25, -0.2) is 0 Å². The van der Waals surface area contributed by atoms with Crippen LogP contribution < -0.4 is 0 Å². The highest BCUT2D eigenvalue weighted by molar-refractivity contribution is 4.89. The van der Waals surface area contributed by atoms with Crippen LogP contribution in [0.5, 0.6) is 0 Å². The summed E-state index contributed by atoms with van der Waals surface area (Å²) in [4.78, 5) is 1.42. The van der Waals surface area contributed by atoms with Crippen molar-refractivity contribution in [2.75, 3.05) is 6.54 Å². The highest BCUT2D eigenvalue weighted by Crippen LogP contribution is 2.34. The molecule has 1 N–H and O–H groups in total. The topological polar surface area (TPSA) is 23.5 Å². The van der Waals surface area contributed by atoms with Crippen LogP contribution in [0.1, 0.15) is 47.0 Å². The van der Waals surface area contributed by atoms with Crippen molar-refractivity contribution in [3.8, 4) is 0 Å². The maximum Gasteiger partial charge on any atom is 0.401 e. The molecule has 1 aliphatic rings. The zero-order valence-corrected chi connectivity index (χ0v) is 12.2. The van der Waals surface area contributed by atoms with E-state index in [1.165, 1.54) is 4.90 Å². The molecule has 1 saturated carbocycles. The van der Waals surface area contributed by atoms with Crippen LogP contribution in [0, 0.1) is 11.8 Å².